The highest BCUT2D eigenvalue weighted by molar-refractivity contribution is 6.06. The second kappa shape index (κ2) is 8.99. The minimum absolute atomic E-state index is 0.127. The fraction of sp³-hybridized carbons (Fsp3) is 0.536. The number of rotatable bonds is 5. The summed E-state index contributed by atoms with van der Waals surface area (Å²) in [4.78, 5) is 47.1. The van der Waals surface area contributed by atoms with Gasteiger partial charge < -0.3 is 29.3 Å². The highest BCUT2D eigenvalue weighted by atomic mass is 16.5. The monoisotopic (exact) mass is 509 g/mol. The van der Waals surface area contributed by atoms with E-state index in [4.69, 9.17) is 9.47 Å². The second-order valence-corrected chi connectivity index (χ2v) is 10.9. The number of hydrogen-bond acceptors (Lipinski definition) is 6. The first kappa shape index (κ1) is 25.5. The molecule has 37 heavy (non-hydrogen) atoms. The molecule has 1 aromatic rings. The van der Waals surface area contributed by atoms with Crippen LogP contribution in [-0.4, -0.2) is 89.8 Å². The van der Waals surface area contributed by atoms with Gasteiger partial charge in [0, 0.05) is 25.8 Å². The van der Waals surface area contributed by atoms with E-state index in [1.165, 1.54) is 4.90 Å². The van der Waals surface area contributed by atoms with Crippen molar-refractivity contribution in [1.82, 2.24) is 9.80 Å². The van der Waals surface area contributed by atoms with Gasteiger partial charge in [0.1, 0.15) is 17.4 Å². The first-order valence-corrected chi connectivity index (χ1v) is 12.8. The molecule has 1 spiro atoms. The lowest BCUT2D eigenvalue weighted by molar-refractivity contribution is -0.151. The molecule has 1 aromatic carbocycles. The number of carbonyl (C=O) groups is 3. The summed E-state index contributed by atoms with van der Waals surface area (Å²) in [5, 5.41) is 10.4. The van der Waals surface area contributed by atoms with E-state index in [9.17, 15) is 19.5 Å². The predicted octanol–water partition coefficient (Wildman–Crippen LogP) is 1.61. The first-order chi connectivity index (χ1) is 17.6. The molecule has 1 unspecified atom stereocenters. The maximum atomic E-state index is 14.4. The number of carbonyl (C=O) groups excluding carboxylic acids is 3. The van der Waals surface area contributed by atoms with Gasteiger partial charge in [-0.05, 0) is 37.1 Å². The smallest absolute Gasteiger partial charge is 0.253 e. The number of amides is 3. The summed E-state index contributed by atoms with van der Waals surface area (Å²) in [7, 11) is 3.29. The molecule has 4 aliphatic heterocycles. The Hall–Kier alpha value is -3.17. The normalized spacial score (nSPS) is 33.9. The van der Waals surface area contributed by atoms with Crippen LogP contribution in [0.25, 0.3) is 0 Å². The number of likely N-dealkylation sites (N-methyl/N-ethyl adjacent to an activating group) is 1. The molecule has 0 aromatic heterocycles. The summed E-state index contributed by atoms with van der Waals surface area (Å²) < 4.78 is 12.1. The van der Waals surface area contributed by atoms with Crippen LogP contribution in [0.2, 0.25) is 0 Å². The molecule has 5 rings (SSSR count). The molecular formula is C28H35N3O6. The van der Waals surface area contributed by atoms with Crippen LogP contribution in [-0.2, 0) is 19.1 Å². The lowest BCUT2D eigenvalue weighted by atomic mass is 9.74. The molecule has 0 aliphatic carbocycles. The quantitative estimate of drug-likeness (QED) is 0.606. The zero-order valence-corrected chi connectivity index (χ0v) is 22.0. The Morgan fingerprint density at radius 1 is 1.03 bits per heavy atom. The topological polar surface area (TPSA) is 99.6 Å². The minimum atomic E-state index is -1.35. The van der Waals surface area contributed by atoms with Crippen molar-refractivity contribution in [3.63, 3.8) is 0 Å². The number of fused-ring (bicyclic) bond motifs is 2. The molecule has 0 bridgehead atoms. The highest BCUT2D eigenvalue weighted by Crippen LogP contribution is 2.58. The lowest BCUT2D eigenvalue weighted by Crippen LogP contribution is -2.59. The van der Waals surface area contributed by atoms with Crippen molar-refractivity contribution >= 4 is 23.4 Å². The van der Waals surface area contributed by atoms with E-state index in [0.717, 1.165) is 0 Å². The van der Waals surface area contributed by atoms with Gasteiger partial charge in [0.2, 0.25) is 11.8 Å². The van der Waals surface area contributed by atoms with E-state index < -0.39 is 35.1 Å². The number of hydrogen-bond donors (Lipinski definition) is 1. The van der Waals surface area contributed by atoms with E-state index in [1.54, 1.807) is 48.2 Å². The summed E-state index contributed by atoms with van der Waals surface area (Å²) in [6.07, 6.45) is 7.40. The molecular weight excluding hydrogens is 474 g/mol. The molecule has 6 atom stereocenters. The zero-order valence-electron chi connectivity index (χ0n) is 22.0. The molecule has 4 aliphatic rings. The lowest BCUT2D eigenvalue weighted by Gasteiger charge is -2.41. The van der Waals surface area contributed by atoms with Crippen molar-refractivity contribution in [3.8, 4) is 5.75 Å². The largest absolute Gasteiger partial charge is 0.497 e. The van der Waals surface area contributed by atoms with Crippen molar-refractivity contribution in [2.75, 3.05) is 38.8 Å². The summed E-state index contributed by atoms with van der Waals surface area (Å²) in [5.41, 5.74) is -1.75. The molecule has 2 saturated heterocycles. The van der Waals surface area contributed by atoms with Gasteiger partial charge in [-0.2, -0.15) is 0 Å². The van der Waals surface area contributed by atoms with Crippen molar-refractivity contribution in [1.29, 1.82) is 0 Å². The number of likely N-dealkylation sites (tertiary alicyclic amines) is 1. The van der Waals surface area contributed by atoms with Crippen LogP contribution in [0.15, 0.2) is 48.6 Å². The molecule has 3 amide bonds. The number of ether oxygens (including phenoxy) is 2. The standard InChI is InChI=1S/C28H35N3O6/c1-17(2)20(16-32)31-23-26(35)30(18-8-10-19(36-5)11-9-18)15-7-13-28(23)22(25(31)34)21-24(33)29(4)14-6-12-27(21,3)37-28/h6-13,17,20-23,32H,14-16H2,1-5H3/t20-,21+,22-,23?,27-,28-/m0/s1. The van der Waals surface area contributed by atoms with Gasteiger partial charge in [0.25, 0.3) is 5.91 Å². The zero-order chi connectivity index (χ0) is 26.7. The van der Waals surface area contributed by atoms with Crippen molar-refractivity contribution < 1.29 is 29.0 Å². The second-order valence-electron chi connectivity index (χ2n) is 10.9. The number of aliphatic hydroxyl groups is 1. The van der Waals surface area contributed by atoms with E-state index in [-0.39, 0.29) is 36.8 Å². The molecule has 198 valence electrons. The SMILES string of the molecule is COc1ccc(N2CC=C[C@]34O[C@@]5(C)C=CCN(C)C(=O)[C@H]5[C@H]3C(=O)N([C@@H](CO)C(C)C)C4C2=O)cc1. The van der Waals surface area contributed by atoms with Crippen LogP contribution in [0.3, 0.4) is 0 Å². The number of methoxy groups -OCH3 is 1. The number of benzene rings is 1. The van der Waals surface area contributed by atoms with Gasteiger partial charge in [0.05, 0.1) is 37.2 Å². The van der Waals surface area contributed by atoms with Crippen LogP contribution in [0.1, 0.15) is 20.8 Å². The fourth-order valence-corrected chi connectivity index (χ4v) is 6.55. The minimum Gasteiger partial charge on any atom is -0.497 e. The third kappa shape index (κ3) is 3.62. The highest BCUT2D eigenvalue weighted by Gasteiger charge is 2.75. The van der Waals surface area contributed by atoms with E-state index in [0.29, 0.717) is 18.0 Å². The first-order valence-electron chi connectivity index (χ1n) is 12.8. The maximum Gasteiger partial charge on any atom is 0.253 e. The Labute approximate surface area is 217 Å². The number of anilines is 1. The molecule has 1 N–H and O–H groups in total. The third-order valence-corrected chi connectivity index (χ3v) is 8.39. The number of nitrogens with zero attached hydrogens (tertiary/aromatic N) is 3. The van der Waals surface area contributed by atoms with E-state index in [1.807, 2.05) is 45.1 Å². The van der Waals surface area contributed by atoms with Gasteiger partial charge in [-0.15, -0.1) is 0 Å². The van der Waals surface area contributed by atoms with Crippen molar-refractivity contribution in [2.45, 2.75) is 44.1 Å². The van der Waals surface area contributed by atoms with Gasteiger partial charge in [-0.25, -0.2) is 0 Å². The molecule has 0 radical (unpaired) electrons. The van der Waals surface area contributed by atoms with Gasteiger partial charge in [-0.3, -0.25) is 14.4 Å². The van der Waals surface area contributed by atoms with E-state index >= 15 is 0 Å². The van der Waals surface area contributed by atoms with Crippen LogP contribution >= 0.6 is 0 Å². The van der Waals surface area contributed by atoms with Gasteiger partial charge in [-0.1, -0.05) is 38.2 Å². The van der Waals surface area contributed by atoms with Gasteiger partial charge in [0.15, 0.2) is 0 Å². The van der Waals surface area contributed by atoms with E-state index in [2.05, 4.69) is 0 Å². The Morgan fingerprint density at radius 3 is 2.32 bits per heavy atom. The third-order valence-electron chi connectivity index (χ3n) is 8.39. The molecule has 2 fully saturated rings. The summed E-state index contributed by atoms with van der Waals surface area (Å²) in [5.74, 6) is -1.99. The van der Waals surface area contributed by atoms with Gasteiger partial charge >= 0.3 is 0 Å². The maximum absolute atomic E-state index is 14.4. The molecule has 0 saturated carbocycles. The van der Waals surface area contributed by atoms with Crippen molar-refractivity contribution in [2.24, 2.45) is 17.8 Å². The summed E-state index contributed by atoms with van der Waals surface area (Å²) in [6, 6.07) is 5.51. The van der Waals surface area contributed by atoms with Crippen LogP contribution in [0.5, 0.6) is 5.75 Å². The van der Waals surface area contributed by atoms with Crippen LogP contribution in [0, 0.1) is 17.8 Å². The Bertz CT molecular complexity index is 1160. The fourth-order valence-electron chi connectivity index (χ4n) is 6.55. The number of aliphatic hydroxyl groups excluding tert-OH is 1. The Balaban J connectivity index is 1.67. The van der Waals surface area contributed by atoms with Crippen molar-refractivity contribution in [3.05, 3.63) is 48.6 Å². The Morgan fingerprint density at radius 2 is 1.70 bits per heavy atom. The molecule has 4 heterocycles. The Kier molecular flexibility index (Phi) is 6.19. The van der Waals surface area contributed by atoms with Crippen LogP contribution in [0.4, 0.5) is 5.69 Å². The summed E-state index contributed by atoms with van der Waals surface area (Å²) in [6.45, 7) is 6.02. The summed E-state index contributed by atoms with van der Waals surface area (Å²) >= 11 is 0. The molecule has 9 nitrogen and oxygen atoms in total. The predicted molar refractivity (Wildman–Crippen MR) is 137 cm³/mol. The average Bonchev–Trinajstić information content (AvgIpc) is 3.14. The van der Waals surface area contributed by atoms with Crippen LogP contribution < -0.4 is 9.64 Å². The molecule has 9 heteroatoms. The average molecular weight is 510 g/mol.